The van der Waals surface area contributed by atoms with Crippen LogP contribution in [0.4, 0.5) is 5.13 Å². The van der Waals surface area contributed by atoms with E-state index in [1.165, 1.54) is 23.4 Å². The minimum atomic E-state index is -0.825. The molecule has 4 heterocycles. The maximum absolute atomic E-state index is 13.4. The maximum atomic E-state index is 13.4. The van der Waals surface area contributed by atoms with Crippen LogP contribution in [0, 0.1) is 5.92 Å². The van der Waals surface area contributed by atoms with Gasteiger partial charge in [-0.3, -0.25) is 4.79 Å². The summed E-state index contributed by atoms with van der Waals surface area (Å²) in [6.45, 7) is 5.22. The van der Waals surface area contributed by atoms with Crippen molar-refractivity contribution in [2.75, 3.05) is 50.8 Å². The van der Waals surface area contributed by atoms with Crippen molar-refractivity contribution in [1.29, 1.82) is 0 Å². The first-order valence-corrected chi connectivity index (χ1v) is 14.3. The van der Waals surface area contributed by atoms with E-state index in [1.54, 1.807) is 0 Å². The van der Waals surface area contributed by atoms with Crippen LogP contribution in [0.15, 0.2) is 18.2 Å². The highest BCUT2D eigenvalue weighted by Crippen LogP contribution is 2.35. The van der Waals surface area contributed by atoms with Gasteiger partial charge in [-0.15, -0.1) is 11.3 Å². The minimum absolute atomic E-state index is 0.0274. The molecule has 1 amide bonds. The Morgan fingerprint density at radius 3 is 2.75 bits per heavy atom. The van der Waals surface area contributed by atoms with Gasteiger partial charge in [-0.1, -0.05) is 6.07 Å². The molecule has 2 saturated heterocycles. The number of likely N-dealkylation sites (tertiary alicyclic amines) is 1. The van der Waals surface area contributed by atoms with E-state index in [2.05, 4.69) is 15.1 Å². The van der Waals surface area contributed by atoms with E-state index in [1.807, 2.05) is 29.5 Å². The molecule has 9 heteroatoms. The highest BCUT2D eigenvalue weighted by Gasteiger charge is 2.34. The molecule has 0 bridgehead atoms. The van der Waals surface area contributed by atoms with E-state index in [0.29, 0.717) is 37.8 Å². The third-order valence-electron chi connectivity index (χ3n) is 7.93. The summed E-state index contributed by atoms with van der Waals surface area (Å²) >= 11 is 1.81. The van der Waals surface area contributed by atoms with Crippen LogP contribution in [-0.4, -0.2) is 72.9 Å². The van der Waals surface area contributed by atoms with Gasteiger partial charge in [0.25, 0.3) is 0 Å². The van der Waals surface area contributed by atoms with Crippen molar-refractivity contribution in [2.45, 2.75) is 57.1 Å². The van der Waals surface area contributed by atoms with Crippen LogP contribution in [0.2, 0.25) is 0 Å². The molecule has 2 aromatic rings. The van der Waals surface area contributed by atoms with E-state index in [4.69, 9.17) is 14.5 Å². The molecule has 1 aliphatic carbocycles. The molecule has 2 unspecified atom stereocenters. The number of nitrogens with zero attached hydrogens (tertiary/aromatic N) is 3. The number of carbonyl (C=O) groups is 1. The van der Waals surface area contributed by atoms with Crippen molar-refractivity contribution in [3.05, 3.63) is 34.3 Å². The van der Waals surface area contributed by atoms with Gasteiger partial charge in [0.15, 0.2) is 16.6 Å². The quantitative estimate of drug-likeness (QED) is 0.590. The second-order valence-electron chi connectivity index (χ2n) is 10.5. The SMILES string of the molecule is O=C(NC(CN1CCCC1)C(O)c1ccc2c(c1)OCCO2)[C@@H]1CCN(c2nc3c(s2)CCCC3)C1. The number of rotatable bonds is 7. The molecule has 194 valence electrons. The summed E-state index contributed by atoms with van der Waals surface area (Å²) in [4.78, 5) is 24.4. The van der Waals surface area contributed by atoms with Gasteiger partial charge in [-0.25, -0.2) is 4.98 Å². The Morgan fingerprint density at radius 1 is 1.11 bits per heavy atom. The van der Waals surface area contributed by atoms with Crippen LogP contribution in [0.3, 0.4) is 0 Å². The van der Waals surface area contributed by atoms with E-state index < -0.39 is 6.10 Å². The van der Waals surface area contributed by atoms with Crippen LogP contribution >= 0.6 is 11.3 Å². The van der Waals surface area contributed by atoms with E-state index in [9.17, 15) is 9.90 Å². The number of aryl methyl sites for hydroxylation is 2. The molecule has 1 aromatic heterocycles. The van der Waals surface area contributed by atoms with Gasteiger partial charge in [0.2, 0.25) is 5.91 Å². The van der Waals surface area contributed by atoms with Gasteiger partial charge in [0, 0.05) is 24.5 Å². The average molecular weight is 513 g/mol. The van der Waals surface area contributed by atoms with Gasteiger partial charge in [0.05, 0.1) is 17.7 Å². The van der Waals surface area contributed by atoms with Crippen LogP contribution < -0.4 is 19.7 Å². The fraction of sp³-hybridized carbons (Fsp3) is 0.630. The molecule has 3 atom stereocenters. The smallest absolute Gasteiger partial charge is 0.225 e. The number of aromatic nitrogens is 1. The summed E-state index contributed by atoms with van der Waals surface area (Å²) in [5.74, 6) is 1.29. The number of ether oxygens (including phenoxy) is 2. The molecule has 2 fully saturated rings. The second kappa shape index (κ2) is 10.6. The summed E-state index contributed by atoms with van der Waals surface area (Å²) < 4.78 is 11.4. The lowest BCUT2D eigenvalue weighted by Crippen LogP contribution is -2.48. The van der Waals surface area contributed by atoms with Crippen molar-refractivity contribution in [1.82, 2.24) is 15.2 Å². The molecule has 1 aromatic carbocycles. The molecule has 8 nitrogen and oxygen atoms in total. The monoisotopic (exact) mass is 512 g/mol. The second-order valence-corrected chi connectivity index (χ2v) is 11.5. The lowest BCUT2D eigenvalue weighted by atomic mass is 9.99. The number of hydrogen-bond acceptors (Lipinski definition) is 8. The Labute approximate surface area is 216 Å². The van der Waals surface area contributed by atoms with Crippen molar-refractivity contribution in [3.8, 4) is 11.5 Å². The summed E-state index contributed by atoms with van der Waals surface area (Å²) in [7, 11) is 0. The van der Waals surface area contributed by atoms with Crippen LogP contribution in [0.5, 0.6) is 11.5 Å². The molecule has 3 aliphatic heterocycles. The van der Waals surface area contributed by atoms with Gasteiger partial charge in [-0.05, 0) is 75.7 Å². The first-order valence-electron chi connectivity index (χ1n) is 13.5. The highest BCUT2D eigenvalue weighted by molar-refractivity contribution is 7.15. The van der Waals surface area contributed by atoms with Gasteiger partial charge >= 0.3 is 0 Å². The van der Waals surface area contributed by atoms with E-state index in [-0.39, 0.29) is 17.9 Å². The van der Waals surface area contributed by atoms with Gasteiger partial charge in [-0.2, -0.15) is 0 Å². The molecule has 6 rings (SSSR count). The van der Waals surface area contributed by atoms with E-state index in [0.717, 1.165) is 62.4 Å². The summed E-state index contributed by atoms with van der Waals surface area (Å²) in [5, 5.41) is 15.7. The Kier molecular flexibility index (Phi) is 7.04. The molecule has 36 heavy (non-hydrogen) atoms. The lowest BCUT2D eigenvalue weighted by Gasteiger charge is -2.30. The number of anilines is 1. The molecular weight excluding hydrogens is 476 g/mol. The number of aliphatic hydroxyl groups is 1. The Morgan fingerprint density at radius 2 is 1.92 bits per heavy atom. The van der Waals surface area contributed by atoms with Crippen LogP contribution in [0.25, 0.3) is 0 Å². The fourth-order valence-corrected chi connectivity index (χ4v) is 7.05. The van der Waals surface area contributed by atoms with E-state index >= 15 is 0 Å². The number of aliphatic hydroxyl groups excluding tert-OH is 1. The highest BCUT2D eigenvalue weighted by atomic mass is 32.1. The number of amides is 1. The number of thiazole rings is 1. The molecule has 0 saturated carbocycles. The molecule has 2 N–H and O–H groups in total. The Balaban J connectivity index is 1.14. The number of nitrogens with one attached hydrogen (secondary N) is 1. The van der Waals surface area contributed by atoms with Gasteiger partial charge in [0.1, 0.15) is 19.3 Å². The predicted octanol–water partition coefficient (Wildman–Crippen LogP) is 2.93. The first kappa shape index (κ1) is 24.0. The zero-order valence-corrected chi connectivity index (χ0v) is 21.6. The number of benzene rings is 1. The normalized spacial score (nSPS) is 23.4. The van der Waals surface area contributed by atoms with Crippen LogP contribution in [0.1, 0.15) is 54.3 Å². The van der Waals surface area contributed by atoms with Crippen molar-refractivity contribution < 1.29 is 19.4 Å². The first-order chi connectivity index (χ1) is 17.6. The third-order valence-corrected chi connectivity index (χ3v) is 9.15. The fourth-order valence-electron chi connectivity index (χ4n) is 5.87. The lowest BCUT2D eigenvalue weighted by molar-refractivity contribution is -0.126. The zero-order chi connectivity index (χ0) is 24.5. The third kappa shape index (κ3) is 5.06. The molecular formula is C27H36N4O4S. The summed E-state index contributed by atoms with van der Waals surface area (Å²) in [6.07, 6.45) is 7.02. The molecule has 0 spiro atoms. The van der Waals surface area contributed by atoms with Crippen molar-refractivity contribution in [2.24, 2.45) is 5.92 Å². The average Bonchev–Trinajstić information content (AvgIpc) is 3.68. The minimum Gasteiger partial charge on any atom is -0.486 e. The number of fused-ring (bicyclic) bond motifs is 2. The summed E-state index contributed by atoms with van der Waals surface area (Å²) in [6, 6.07) is 5.19. The topological polar surface area (TPSA) is 87.2 Å². The maximum Gasteiger partial charge on any atom is 0.225 e. The standard InChI is InChI=1S/C27H36N4O4S/c32-25(18-7-8-22-23(15-18)35-14-13-34-22)21(17-30-10-3-4-11-30)28-26(33)19-9-12-31(16-19)27-29-20-5-1-2-6-24(20)36-27/h7-8,15,19,21,25,32H,1-6,9-14,16-17H2,(H,28,33)/t19-,21?,25?/m1/s1. The van der Waals surface area contributed by atoms with Crippen LogP contribution in [-0.2, 0) is 17.6 Å². The summed E-state index contributed by atoms with van der Waals surface area (Å²) in [5.41, 5.74) is 2.01. The number of hydrogen-bond donors (Lipinski definition) is 2. The van der Waals surface area contributed by atoms with Crippen molar-refractivity contribution in [3.63, 3.8) is 0 Å². The molecule has 4 aliphatic rings. The zero-order valence-electron chi connectivity index (χ0n) is 20.8. The Bertz CT molecular complexity index is 1060. The largest absolute Gasteiger partial charge is 0.486 e. The predicted molar refractivity (Wildman–Crippen MR) is 139 cm³/mol. The molecule has 0 radical (unpaired) electrons. The Hall–Kier alpha value is -2.36. The van der Waals surface area contributed by atoms with Gasteiger partial charge < -0.3 is 29.7 Å². The number of carbonyl (C=O) groups excluding carboxylic acids is 1. The van der Waals surface area contributed by atoms with Crippen molar-refractivity contribution >= 4 is 22.4 Å².